The maximum absolute atomic E-state index is 11.6. The van der Waals surface area contributed by atoms with Gasteiger partial charge in [-0.25, -0.2) is 0 Å². The van der Waals surface area contributed by atoms with Crippen LogP contribution < -0.4 is 10.6 Å². The van der Waals surface area contributed by atoms with Gasteiger partial charge in [0.05, 0.1) is 0 Å². The van der Waals surface area contributed by atoms with Gasteiger partial charge in [-0.2, -0.15) is 0 Å². The number of hydrogen-bond acceptors (Lipinski definition) is 2. The van der Waals surface area contributed by atoms with E-state index in [-0.39, 0.29) is 11.3 Å². The zero-order valence-electron chi connectivity index (χ0n) is 9.94. The maximum Gasteiger partial charge on any atom is 0.225 e. The summed E-state index contributed by atoms with van der Waals surface area (Å²) in [5.41, 5.74) is -0.231. The van der Waals surface area contributed by atoms with Crippen molar-refractivity contribution in [2.75, 3.05) is 19.6 Å². The molecular formula is C11H24N2O. The lowest BCUT2D eigenvalue weighted by Crippen LogP contribution is -2.39. The van der Waals surface area contributed by atoms with Crippen molar-refractivity contribution in [1.82, 2.24) is 10.6 Å². The fourth-order valence-corrected chi connectivity index (χ4v) is 0.966. The normalized spacial score (nSPS) is 11.4. The fraction of sp³-hybridized carbons (Fsp3) is 0.909. The molecule has 0 aliphatic rings. The minimum Gasteiger partial charge on any atom is -0.354 e. The summed E-state index contributed by atoms with van der Waals surface area (Å²) in [7, 11) is 0. The van der Waals surface area contributed by atoms with Crippen LogP contribution in [-0.2, 0) is 4.79 Å². The van der Waals surface area contributed by atoms with Crippen LogP contribution in [0.15, 0.2) is 0 Å². The van der Waals surface area contributed by atoms with E-state index in [1.54, 1.807) is 0 Å². The van der Waals surface area contributed by atoms with Crippen molar-refractivity contribution < 1.29 is 4.79 Å². The number of carbonyl (C=O) groups is 1. The summed E-state index contributed by atoms with van der Waals surface area (Å²) in [5, 5.41) is 6.18. The first kappa shape index (κ1) is 13.4. The average Bonchev–Trinajstić information content (AvgIpc) is 2.17. The van der Waals surface area contributed by atoms with E-state index in [2.05, 4.69) is 17.6 Å². The summed E-state index contributed by atoms with van der Waals surface area (Å²) in [4.78, 5) is 11.6. The molecular weight excluding hydrogens is 176 g/mol. The van der Waals surface area contributed by atoms with Crippen molar-refractivity contribution in [3.05, 3.63) is 0 Å². The first-order chi connectivity index (χ1) is 6.54. The Morgan fingerprint density at radius 1 is 1.14 bits per heavy atom. The molecule has 3 heteroatoms. The van der Waals surface area contributed by atoms with Gasteiger partial charge < -0.3 is 10.6 Å². The summed E-state index contributed by atoms with van der Waals surface area (Å²) in [5.74, 6) is 0.151. The molecule has 0 saturated heterocycles. The molecule has 0 aromatic carbocycles. The molecule has 1 amide bonds. The van der Waals surface area contributed by atoms with Gasteiger partial charge in [0.25, 0.3) is 0 Å². The molecule has 0 aliphatic carbocycles. The second kappa shape index (κ2) is 6.82. The predicted octanol–water partition coefficient (Wildman–Crippen LogP) is 1.54. The van der Waals surface area contributed by atoms with E-state index in [1.807, 2.05) is 20.8 Å². The van der Waals surface area contributed by atoms with Crippen molar-refractivity contribution >= 4 is 5.91 Å². The molecule has 3 nitrogen and oxygen atoms in total. The highest BCUT2D eigenvalue weighted by atomic mass is 16.2. The van der Waals surface area contributed by atoms with Gasteiger partial charge in [-0.3, -0.25) is 4.79 Å². The Bertz CT molecular complexity index is 167. The molecule has 0 fully saturated rings. The average molecular weight is 200 g/mol. The van der Waals surface area contributed by atoms with Crippen LogP contribution in [0.5, 0.6) is 0 Å². The fourth-order valence-electron chi connectivity index (χ4n) is 0.966. The van der Waals surface area contributed by atoms with Gasteiger partial charge >= 0.3 is 0 Å². The van der Waals surface area contributed by atoms with Gasteiger partial charge in [-0.1, -0.05) is 27.7 Å². The van der Waals surface area contributed by atoms with Crippen LogP contribution in [0, 0.1) is 5.41 Å². The Hall–Kier alpha value is -0.570. The molecule has 0 saturated carbocycles. The standard InChI is InChI=1S/C11H24N2O/c1-5-7-12-8-9-13-10(14)11(3,4)6-2/h12H,5-9H2,1-4H3,(H,13,14). The largest absolute Gasteiger partial charge is 0.354 e. The predicted molar refractivity (Wildman–Crippen MR) is 60.2 cm³/mol. The molecule has 14 heavy (non-hydrogen) atoms. The summed E-state index contributed by atoms with van der Waals surface area (Å²) in [6.45, 7) is 10.7. The number of amides is 1. The lowest BCUT2D eigenvalue weighted by atomic mass is 9.89. The highest BCUT2D eigenvalue weighted by Gasteiger charge is 2.24. The Morgan fingerprint density at radius 2 is 1.79 bits per heavy atom. The molecule has 0 radical (unpaired) electrons. The van der Waals surface area contributed by atoms with Crippen LogP contribution in [0.3, 0.4) is 0 Å². The second-order valence-corrected chi connectivity index (χ2v) is 4.24. The Morgan fingerprint density at radius 3 is 2.29 bits per heavy atom. The van der Waals surface area contributed by atoms with E-state index in [0.29, 0.717) is 0 Å². The lowest BCUT2D eigenvalue weighted by Gasteiger charge is -2.21. The Balaban J connectivity index is 3.54. The van der Waals surface area contributed by atoms with Gasteiger partial charge in [-0.05, 0) is 19.4 Å². The molecule has 0 atom stereocenters. The number of rotatable bonds is 7. The monoisotopic (exact) mass is 200 g/mol. The third-order valence-corrected chi connectivity index (χ3v) is 2.51. The maximum atomic E-state index is 11.6. The van der Waals surface area contributed by atoms with E-state index < -0.39 is 0 Å². The van der Waals surface area contributed by atoms with Gasteiger partial charge in [0.1, 0.15) is 0 Å². The van der Waals surface area contributed by atoms with Gasteiger partial charge in [-0.15, -0.1) is 0 Å². The Kier molecular flexibility index (Phi) is 6.54. The third kappa shape index (κ3) is 5.22. The quantitative estimate of drug-likeness (QED) is 0.612. The number of carbonyl (C=O) groups excluding carboxylic acids is 1. The first-order valence-electron chi connectivity index (χ1n) is 5.53. The van der Waals surface area contributed by atoms with Crippen molar-refractivity contribution in [3.63, 3.8) is 0 Å². The van der Waals surface area contributed by atoms with E-state index in [1.165, 1.54) is 0 Å². The van der Waals surface area contributed by atoms with Crippen LogP contribution in [0.2, 0.25) is 0 Å². The summed E-state index contributed by atoms with van der Waals surface area (Å²) in [6.07, 6.45) is 2.01. The van der Waals surface area contributed by atoms with Crippen molar-refractivity contribution in [1.29, 1.82) is 0 Å². The van der Waals surface area contributed by atoms with Gasteiger partial charge in [0.15, 0.2) is 0 Å². The highest BCUT2D eigenvalue weighted by molar-refractivity contribution is 5.81. The van der Waals surface area contributed by atoms with Crippen LogP contribution in [0.1, 0.15) is 40.5 Å². The molecule has 0 spiro atoms. The van der Waals surface area contributed by atoms with Crippen molar-refractivity contribution in [2.45, 2.75) is 40.5 Å². The summed E-state index contributed by atoms with van der Waals surface area (Å²) >= 11 is 0. The Labute approximate surface area is 87.6 Å². The zero-order chi connectivity index (χ0) is 11.0. The number of nitrogens with one attached hydrogen (secondary N) is 2. The molecule has 0 aromatic heterocycles. The molecule has 2 N–H and O–H groups in total. The molecule has 84 valence electrons. The van der Waals surface area contributed by atoms with Crippen molar-refractivity contribution in [3.8, 4) is 0 Å². The summed E-state index contributed by atoms with van der Waals surface area (Å²) in [6, 6.07) is 0. The second-order valence-electron chi connectivity index (χ2n) is 4.24. The van der Waals surface area contributed by atoms with Crippen LogP contribution in [-0.4, -0.2) is 25.5 Å². The van der Waals surface area contributed by atoms with E-state index in [4.69, 9.17) is 0 Å². The molecule has 0 bridgehead atoms. The van der Waals surface area contributed by atoms with Crippen LogP contribution in [0.25, 0.3) is 0 Å². The third-order valence-electron chi connectivity index (χ3n) is 2.51. The minimum absolute atomic E-state index is 0.151. The molecule has 0 heterocycles. The van der Waals surface area contributed by atoms with Gasteiger partial charge in [0, 0.05) is 18.5 Å². The van der Waals surface area contributed by atoms with Crippen molar-refractivity contribution in [2.24, 2.45) is 5.41 Å². The topological polar surface area (TPSA) is 41.1 Å². The SMILES string of the molecule is CCCNCCNC(=O)C(C)(C)CC. The minimum atomic E-state index is -0.231. The molecule has 0 aromatic rings. The van der Waals surface area contributed by atoms with E-state index in [0.717, 1.165) is 32.5 Å². The molecule has 0 rings (SSSR count). The van der Waals surface area contributed by atoms with E-state index >= 15 is 0 Å². The highest BCUT2D eigenvalue weighted by Crippen LogP contribution is 2.18. The van der Waals surface area contributed by atoms with E-state index in [9.17, 15) is 4.79 Å². The van der Waals surface area contributed by atoms with Crippen LogP contribution in [0.4, 0.5) is 0 Å². The van der Waals surface area contributed by atoms with Gasteiger partial charge in [0.2, 0.25) is 5.91 Å². The lowest BCUT2D eigenvalue weighted by molar-refractivity contribution is -0.129. The summed E-state index contributed by atoms with van der Waals surface area (Å²) < 4.78 is 0. The zero-order valence-corrected chi connectivity index (χ0v) is 9.94. The molecule has 0 aliphatic heterocycles. The smallest absolute Gasteiger partial charge is 0.225 e. The van der Waals surface area contributed by atoms with Crippen LogP contribution >= 0.6 is 0 Å². The number of hydrogen-bond donors (Lipinski definition) is 2. The molecule has 0 unspecified atom stereocenters. The first-order valence-corrected chi connectivity index (χ1v) is 5.53.